The van der Waals surface area contributed by atoms with Crippen molar-refractivity contribution in [2.24, 2.45) is 0 Å². The van der Waals surface area contributed by atoms with Crippen molar-refractivity contribution < 1.29 is 4.42 Å². The topological polar surface area (TPSA) is 16.4 Å². The first kappa shape index (κ1) is 42.7. The SMILES string of the molecule is c1ccc(-c2ccc(C3(c4ccc(-c5ccccc5)cc4)c4ccccc4-c4ccc(N(c5cccc6c5-c5ccccc5C65c6ccccc6-c6ccccc65)c5cccc6c5oc5ccccc56)cc43)cc2)cc1. The molecule has 1 heterocycles. The van der Waals surface area contributed by atoms with Gasteiger partial charge in [-0.25, -0.2) is 0 Å². The van der Waals surface area contributed by atoms with Crippen LogP contribution in [0.4, 0.5) is 17.1 Å². The van der Waals surface area contributed by atoms with Crippen molar-refractivity contribution in [3.05, 3.63) is 330 Å². The van der Waals surface area contributed by atoms with Crippen molar-refractivity contribution in [1.29, 1.82) is 0 Å². The van der Waals surface area contributed by atoms with Gasteiger partial charge in [-0.2, -0.15) is 0 Å². The minimum atomic E-state index is -0.685. The molecule has 76 heavy (non-hydrogen) atoms. The zero-order chi connectivity index (χ0) is 50.0. The van der Waals surface area contributed by atoms with Gasteiger partial charge >= 0.3 is 0 Å². The summed E-state index contributed by atoms with van der Waals surface area (Å²) in [5, 5.41) is 2.18. The van der Waals surface area contributed by atoms with Gasteiger partial charge in [0, 0.05) is 22.0 Å². The fourth-order valence-corrected chi connectivity index (χ4v) is 13.9. The lowest BCUT2D eigenvalue weighted by Gasteiger charge is -2.35. The van der Waals surface area contributed by atoms with Gasteiger partial charge in [0.15, 0.2) is 5.58 Å². The highest BCUT2D eigenvalue weighted by atomic mass is 16.3. The molecule has 0 aliphatic heterocycles. The molecule has 12 aromatic carbocycles. The summed E-state index contributed by atoms with van der Waals surface area (Å²) in [6.45, 7) is 0. The van der Waals surface area contributed by atoms with Gasteiger partial charge in [0.05, 0.1) is 22.2 Å². The number of nitrogens with zero attached hydrogens (tertiary/aromatic N) is 1. The average Bonchev–Trinajstić information content (AvgIpc) is 4.40. The second-order valence-corrected chi connectivity index (χ2v) is 20.6. The highest BCUT2D eigenvalue weighted by molar-refractivity contribution is 6.12. The van der Waals surface area contributed by atoms with E-state index in [0.29, 0.717) is 0 Å². The Labute approximate surface area is 442 Å². The molecule has 16 rings (SSSR count). The monoisotopic (exact) mass is 965 g/mol. The van der Waals surface area contributed by atoms with Crippen LogP contribution in [0, 0.1) is 0 Å². The van der Waals surface area contributed by atoms with Gasteiger partial charge in [-0.15, -0.1) is 0 Å². The third-order valence-corrected chi connectivity index (χ3v) is 17.0. The van der Waals surface area contributed by atoms with Crippen LogP contribution in [0.3, 0.4) is 0 Å². The van der Waals surface area contributed by atoms with Crippen LogP contribution in [0.1, 0.15) is 44.5 Å². The van der Waals surface area contributed by atoms with Gasteiger partial charge in [-0.3, -0.25) is 0 Å². The molecule has 1 spiro atoms. The van der Waals surface area contributed by atoms with Crippen molar-refractivity contribution in [3.63, 3.8) is 0 Å². The zero-order valence-electron chi connectivity index (χ0n) is 41.5. The molecule has 2 heteroatoms. The van der Waals surface area contributed by atoms with Crippen molar-refractivity contribution in [2.75, 3.05) is 4.90 Å². The summed E-state index contributed by atoms with van der Waals surface area (Å²) < 4.78 is 7.06. The first-order chi connectivity index (χ1) is 37.7. The molecule has 0 bridgehead atoms. The third kappa shape index (κ3) is 5.81. The standard InChI is InChI=1S/C74H47NO/c1-3-19-48(20-4-1)50-37-41-52(42-38-50)73(53-43-39-51(40-44-53)49-21-5-2-6-22-49)62-29-12-7-25-57(62)58-46-45-54(47-67(58)73)75(69-35-17-28-60-59-26-11-16-36-70(59)76-72(60)69)68-34-18-33-66-71(68)61-27-10-15-32-65(61)74(66)63-30-13-8-23-55(63)56-24-9-14-31-64(56)74/h1-47H. The summed E-state index contributed by atoms with van der Waals surface area (Å²) in [7, 11) is 0. The van der Waals surface area contributed by atoms with E-state index in [2.05, 4.69) is 290 Å². The van der Waals surface area contributed by atoms with E-state index in [-0.39, 0.29) is 0 Å². The molecule has 0 unspecified atom stereocenters. The number of hydrogen-bond donors (Lipinski definition) is 0. The van der Waals surface area contributed by atoms with Crippen molar-refractivity contribution in [2.45, 2.75) is 10.8 Å². The quantitative estimate of drug-likeness (QED) is 0.158. The van der Waals surface area contributed by atoms with Gasteiger partial charge in [-0.1, -0.05) is 255 Å². The minimum Gasteiger partial charge on any atom is -0.454 e. The van der Waals surface area contributed by atoms with E-state index in [1.807, 2.05) is 0 Å². The molecule has 13 aromatic rings. The molecule has 354 valence electrons. The minimum absolute atomic E-state index is 0.515. The Morgan fingerprint density at radius 3 is 1.32 bits per heavy atom. The van der Waals surface area contributed by atoms with E-state index < -0.39 is 10.8 Å². The lowest BCUT2D eigenvalue weighted by Crippen LogP contribution is -2.29. The van der Waals surface area contributed by atoms with Gasteiger partial charge < -0.3 is 9.32 Å². The molecule has 0 saturated heterocycles. The second kappa shape index (κ2) is 16.4. The van der Waals surface area contributed by atoms with Crippen LogP contribution in [-0.4, -0.2) is 0 Å². The number of anilines is 3. The maximum Gasteiger partial charge on any atom is 0.159 e. The number of para-hydroxylation sites is 2. The average molecular weight is 966 g/mol. The normalized spacial score (nSPS) is 13.7. The van der Waals surface area contributed by atoms with E-state index in [1.165, 1.54) is 100 Å². The Balaban J connectivity index is 0.991. The lowest BCUT2D eigenvalue weighted by atomic mass is 9.67. The van der Waals surface area contributed by atoms with Gasteiger partial charge in [0.2, 0.25) is 0 Å². The predicted octanol–water partition coefficient (Wildman–Crippen LogP) is 19.1. The summed E-state index contributed by atoms with van der Waals surface area (Å²) in [5.41, 5.74) is 26.1. The lowest BCUT2D eigenvalue weighted by molar-refractivity contribution is 0.669. The van der Waals surface area contributed by atoms with E-state index in [0.717, 1.165) is 39.0 Å². The first-order valence-corrected chi connectivity index (χ1v) is 26.4. The molecule has 1 aromatic heterocycles. The maximum atomic E-state index is 7.06. The highest BCUT2D eigenvalue weighted by Crippen LogP contribution is 2.65. The highest BCUT2D eigenvalue weighted by Gasteiger charge is 2.53. The zero-order valence-corrected chi connectivity index (χ0v) is 41.5. The number of hydrogen-bond acceptors (Lipinski definition) is 2. The molecule has 3 aliphatic carbocycles. The summed E-state index contributed by atoms with van der Waals surface area (Å²) in [4.78, 5) is 2.51. The molecule has 2 nitrogen and oxygen atoms in total. The van der Waals surface area contributed by atoms with Gasteiger partial charge in [0.25, 0.3) is 0 Å². The molecule has 0 amide bonds. The third-order valence-electron chi connectivity index (χ3n) is 17.0. The molecule has 0 atom stereocenters. The van der Waals surface area contributed by atoms with Crippen LogP contribution in [0.2, 0.25) is 0 Å². The molecular weight excluding hydrogens is 919 g/mol. The van der Waals surface area contributed by atoms with Crippen molar-refractivity contribution in [1.82, 2.24) is 0 Å². The molecular formula is C74H47NO. The Hall–Kier alpha value is -9.76. The Morgan fingerprint density at radius 1 is 0.276 bits per heavy atom. The fourth-order valence-electron chi connectivity index (χ4n) is 13.9. The molecule has 0 saturated carbocycles. The number of furan rings is 1. The molecule has 0 radical (unpaired) electrons. The fraction of sp³-hybridized carbons (Fsp3) is 0.0270. The van der Waals surface area contributed by atoms with E-state index >= 15 is 0 Å². The molecule has 3 aliphatic rings. The van der Waals surface area contributed by atoms with Crippen LogP contribution < -0.4 is 4.90 Å². The molecule has 0 fully saturated rings. The van der Waals surface area contributed by atoms with Crippen molar-refractivity contribution in [3.8, 4) is 55.6 Å². The Morgan fingerprint density at radius 2 is 0.711 bits per heavy atom. The number of benzene rings is 12. The largest absolute Gasteiger partial charge is 0.454 e. The Bertz CT molecular complexity index is 4320. The maximum absolute atomic E-state index is 7.06. The van der Waals surface area contributed by atoms with E-state index in [1.54, 1.807) is 0 Å². The second-order valence-electron chi connectivity index (χ2n) is 20.6. The van der Waals surface area contributed by atoms with Crippen molar-refractivity contribution >= 4 is 39.0 Å². The van der Waals surface area contributed by atoms with Crippen LogP contribution in [0.25, 0.3) is 77.6 Å². The summed E-state index contributed by atoms with van der Waals surface area (Å²) in [5.74, 6) is 0. The summed E-state index contributed by atoms with van der Waals surface area (Å²) in [6, 6.07) is 106. The summed E-state index contributed by atoms with van der Waals surface area (Å²) >= 11 is 0. The van der Waals surface area contributed by atoms with Gasteiger partial charge in [-0.05, 0) is 125 Å². The first-order valence-electron chi connectivity index (χ1n) is 26.4. The van der Waals surface area contributed by atoms with Gasteiger partial charge in [0.1, 0.15) is 5.58 Å². The van der Waals surface area contributed by atoms with Crippen LogP contribution in [0.5, 0.6) is 0 Å². The van der Waals surface area contributed by atoms with E-state index in [4.69, 9.17) is 4.42 Å². The van der Waals surface area contributed by atoms with Crippen LogP contribution >= 0.6 is 0 Å². The summed E-state index contributed by atoms with van der Waals surface area (Å²) in [6.07, 6.45) is 0. The van der Waals surface area contributed by atoms with Crippen LogP contribution in [-0.2, 0) is 10.8 Å². The van der Waals surface area contributed by atoms with Crippen LogP contribution in [0.15, 0.2) is 290 Å². The predicted molar refractivity (Wildman–Crippen MR) is 313 cm³/mol. The van der Waals surface area contributed by atoms with E-state index in [9.17, 15) is 0 Å². The Kier molecular flexibility index (Phi) is 9.20. The smallest absolute Gasteiger partial charge is 0.159 e. The number of rotatable bonds is 7. The molecule has 0 N–H and O–H groups in total. The number of fused-ring (bicyclic) bond motifs is 16.